The Bertz CT molecular complexity index is 1290. The van der Waals surface area contributed by atoms with E-state index in [0.29, 0.717) is 28.9 Å². The number of nitrogens with zero attached hydrogens (tertiary/aromatic N) is 6. The van der Waals surface area contributed by atoms with E-state index in [1.165, 1.54) is 23.5 Å². The van der Waals surface area contributed by atoms with Gasteiger partial charge >= 0.3 is 0 Å². The Morgan fingerprint density at radius 2 is 1.97 bits per heavy atom. The highest BCUT2D eigenvalue weighted by atomic mass is 32.1. The van der Waals surface area contributed by atoms with Gasteiger partial charge in [-0.25, -0.2) is 9.97 Å². The van der Waals surface area contributed by atoms with Crippen LogP contribution in [0.1, 0.15) is 0 Å². The van der Waals surface area contributed by atoms with Gasteiger partial charge in [-0.15, -0.1) is 11.3 Å². The van der Waals surface area contributed by atoms with E-state index in [4.69, 9.17) is 4.74 Å². The summed E-state index contributed by atoms with van der Waals surface area (Å²) in [5, 5.41) is 16.1. The quantitative estimate of drug-likeness (QED) is 0.331. The zero-order valence-electron chi connectivity index (χ0n) is 17.8. The van der Waals surface area contributed by atoms with Gasteiger partial charge < -0.3 is 19.9 Å². The number of nitro groups is 1. The summed E-state index contributed by atoms with van der Waals surface area (Å²) in [5.41, 5.74) is 1.75. The maximum Gasteiger partial charge on any atom is 0.273 e. The van der Waals surface area contributed by atoms with Crippen LogP contribution in [0.4, 0.5) is 23.1 Å². The Morgan fingerprint density at radius 3 is 2.73 bits per heavy atom. The van der Waals surface area contributed by atoms with Crippen molar-refractivity contribution in [3.05, 3.63) is 64.2 Å². The Balaban J connectivity index is 1.37. The highest BCUT2D eigenvalue weighted by Crippen LogP contribution is 2.33. The third-order valence-electron chi connectivity index (χ3n) is 5.37. The number of pyridine rings is 1. The summed E-state index contributed by atoms with van der Waals surface area (Å²) < 4.78 is 6.67. The number of rotatable bonds is 6. The number of hydrogen-bond acceptors (Lipinski definition) is 10. The number of nitro benzene ring substituents is 1. The fourth-order valence-electron chi connectivity index (χ4n) is 3.56. The number of thiophene rings is 1. The number of aromatic nitrogens is 3. The van der Waals surface area contributed by atoms with Crippen LogP contribution in [-0.4, -0.2) is 58.0 Å². The summed E-state index contributed by atoms with van der Waals surface area (Å²) in [4.78, 5) is 28.8. The van der Waals surface area contributed by atoms with Crippen molar-refractivity contribution in [1.29, 1.82) is 0 Å². The number of fused-ring (bicyclic) bond motifs is 1. The van der Waals surface area contributed by atoms with Gasteiger partial charge in [-0.05, 0) is 36.7 Å². The highest BCUT2D eigenvalue weighted by Gasteiger charge is 2.16. The molecule has 4 heterocycles. The molecule has 0 aliphatic carbocycles. The minimum atomic E-state index is -0.460. The number of piperazine rings is 1. The van der Waals surface area contributed by atoms with E-state index in [1.54, 1.807) is 12.1 Å². The first kappa shape index (κ1) is 21.0. The monoisotopic (exact) mass is 463 g/mol. The molecule has 0 bridgehead atoms. The lowest BCUT2D eigenvalue weighted by Crippen LogP contribution is -2.44. The lowest BCUT2D eigenvalue weighted by atomic mass is 10.3. The SMILES string of the molecule is CN1CCN(c2ccc(Nc3nc(Oc4cccc([N+](=O)[O-])c4)c4sccc4n3)nc2)CC1. The lowest BCUT2D eigenvalue weighted by Gasteiger charge is -2.33. The third-order valence-corrected chi connectivity index (χ3v) is 6.26. The van der Waals surface area contributed by atoms with Gasteiger partial charge in [0.15, 0.2) is 0 Å². The van der Waals surface area contributed by atoms with E-state index >= 15 is 0 Å². The molecule has 1 N–H and O–H groups in total. The van der Waals surface area contributed by atoms with Gasteiger partial charge in [-0.2, -0.15) is 4.98 Å². The number of anilines is 3. The van der Waals surface area contributed by atoms with Crippen LogP contribution in [0.3, 0.4) is 0 Å². The van der Waals surface area contributed by atoms with Crippen LogP contribution in [0.5, 0.6) is 11.6 Å². The summed E-state index contributed by atoms with van der Waals surface area (Å²) >= 11 is 1.44. The van der Waals surface area contributed by atoms with Crippen molar-refractivity contribution < 1.29 is 9.66 Å². The van der Waals surface area contributed by atoms with Crippen LogP contribution < -0.4 is 15.0 Å². The molecule has 1 fully saturated rings. The van der Waals surface area contributed by atoms with Crippen LogP contribution in [0.25, 0.3) is 10.2 Å². The predicted molar refractivity (Wildman–Crippen MR) is 128 cm³/mol. The van der Waals surface area contributed by atoms with Crippen LogP contribution in [0.2, 0.25) is 0 Å². The van der Waals surface area contributed by atoms with Gasteiger partial charge in [0.25, 0.3) is 5.69 Å². The van der Waals surface area contributed by atoms with Crippen molar-refractivity contribution in [3.63, 3.8) is 0 Å². The first-order chi connectivity index (χ1) is 16.0. The molecule has 0 amide bonds. The van der Waals surface area contributed by atoms with Gasteiger partial charge in [-0.3, -0.25) is 10.1 Å². The molecule has 4 aromatic rings. The third kappa shape index (κ3) is 4.69. The van der Waals surface area contributed by atoms with E-state index in [9.17, 15) is 10.1 Å². The minimum absolute atomic E-state index is 0.0491. The Kier molecular flexibility index (Phi) is 5.71. The predicted octanol–water partition coefficient (Wildman–Crippen LogP) is 4.28. The molecule has 168 valence electrons. The molecule has 0 atom stereocenters. The Morgan fingerprint density at radius 1 is 1.12 bits per heavy atom. The molecule has 0 spiro atoms. The first-order valence-corrected chi connectivity index (χ1v) is 11.3. The largest absolute Gasteiger partial charge is 0.437 e. The average molecular weight is 464 g/mol. The van der Waals surface area contributed by atoms with Crippen molar-refractivity contribution in [2.75, 3.05) is 43.4 Å². The van der Waals surface area contributed by atoms with Gasteiger partial charge in [0.05, 0.1) is 28.4 Å². The molecule has 0 saturated carbocycles. The molecule has 1 saturated heterocycles. The van der Waals surface area contributed by atoms with Crippen molar-refractivity contribution in [2.45, 2.75) is 0 Å². The van der Waals surface area contributed by atoms with E-state index < -0.39 is 4.92 Å². The zero-order chi connectivity index (χ0) is 22.8. The number of nitrogens with one attached hydrogen (secondary N) is 1. The molecule has 1 aliphatic heterocycles. The smallest absolute Gasteiger partial charge is 0.273 e. The average Bonchev–Trinajstić information content (AvgIpc) is 3.29. The molecule has 1 aliphatic rings. The van der Waals surface area contributed by atoms with E-state index in [1.807, 2.05) is 29.8 Å². The summed E-state index contributed by atoms with van der Waals surface area (Å²) in [6.07, 6.45) is 1.84. The molecule has 0 radical (unpaired) electrons. The first-order valence-electron chi connectivity index (χ1n) is 10.4. The molecular formula is C22H21N7O3S. The second-order valence-corrected chi connectivity index (χ2v) is 8.58. The van der Waals surface area contributed by atoms with Gasteiger partial charge in [0.1, 0.15) is 16.3 Å². The van der Waals surface area contributed by atoms with Crippen molar-refractivity contribution >= 4 is 44.7 Å². The topological polar surface area (TPSA) is 110 Å². The summed E-state index contributed by atoms with van der Waals surface area (Å²) in [5.74, 6) is 1.61. The standard InChI is InChI=1S/C22H21N7O3S/c1-27-8-10-28(11-9-27)16-5-6-19(23-14-16)25-22-24-18-7-12-33-20(18)21(26-22)32-17-4-2-3-15(13-17)29(30)31/h2-7,12-14H,8-11H2,1H3,(H,23,24,25,26). The number of non-ortho nitro benzene ring substituents is 1. The fourth-order valence-corrected chi connectivity index (χ4v) is 4.32. The van der Waals surface area contributed by atoms with Crippen LogP contribution >= 0.6 is 11.3 Å². The number of likely N-dealkylation sites (N-methyl/N-ethyl adjacent to an activating group) is 1. The van der Waals surface area contributed by atoms with Gasteiger partial charge in [0, 0.05) is 32.2 Å². The Hall–Kier alpha value is -3.83. The maximum absolute atomic E-state index is 11.1. The molecule has 10 nitrogen and oxygen atoms in total. The number of ether oxygens (including phenoxy) is 1. The van der Waals surface area contributed by atoms with E-state index in [-0.39, 0.29) is 5.69 Å². The number of benzene rings is 1. The maximum atomic E-state index is 11.1. The molecule has 5 rings (SSSR count). The van der Waals surface area contributed by atoms with E-state index in [0.717, 1.165) is 36.6 Å². The molecule has 33 heavy (non-hydrogen) atoms. The summed E-state index contributed by atoms with van der Waals surface area (Å²) in [6, 6.07) is 11.8. The van der Waals surface area contributed by atoms with Crippen molar-refractivity contribution in [1.82, 2.24) is 19.9 Å². The van der Waals surface area contributed by atoms with Crippen LogP contribution in [0.15, 0.2) is 54.0 Å². The minimum Gasteiger partial charge on any atom is -0.437 e. The van der Waals surface area contributed by atoms with Crippen molar-refractivity contribution in [2.24, 2.45) is 0 Å². The normalized spacial score (nSPS) is 14.4. The second-order valence-electron chi connectivity index (χ2n) is 7.66. The van der Waals surface area contributed by atoms with Gasteiger partial charge in [0.2, 0.25) is 11.8 Å². The molecule has 1 aromatic carbocycles. The zero-order valence-corrected chi connectivity index (χ0v) is 18.7. The van der Waals surface area contributed by atoms with Crippen LogP contribution in [-0.2, 0) is 0 Å². The summed E-state index contributed by atoms with van der Waals surface area (Å²) in [7, 11) is 2.13. The molecular weight excluding hydrogens is 442 g/mol. The summed E-state index contributed by atoms with van der Waals surface area (Å²) in [6.45, 7) is 4.01. The highest BCUT2D eigenvalue weighted by molar-refractivity contribution is 7.17. The fraction of sp³-hybridized carbons (Fsp3) is 0.227. The molecule has 11 heteroatoms. The van der Waals surface area contributed by atoms with Crippen LogP contribution in [0, 0.1) is 10.1 Å². The Labute approximate surface area is 193 Å². The second kappa shape index (κ2) is 8.96. The van der Waals surface area contributed by atoms with Crippen molar-refractivity contribution in [3.8, 4) is 11.6 Å². The van der Waals surface area contributed by atoms with E-state index in [2.05, 4.69) is 37.1 Å². The number of hydrogen-bond donors (Lipinski definition) is 1. The van der Waals surface area contributed by atoms with Gasteiger partial charge in [-0.1, -0.05) is 6.07 Å². The lowest BCUT2D eigenvalue weighted by molar-refractivity contribution is -0.384. The molecule has 3 aromatic heterocycles. The molecule has 0 unspecified atom stereocenters.